The first-order valence-electron chi connectivity index (χ1n) is 9.05. The van der Waals surface area contributed by atoms with Crippen molar-refractivity contribution in [3.05, 3.63) is 0 Å². The van der Waals surface area contributed by atoms with E-state index in [0.717, 1.165) is 25.9 Å². The van der Waals surface area contributed by atoms with Crippen molar-refractivity contribution in [2.45, 2.75) is 57.5 Å². The summed E-state index contributed by atoms with van der Waals surface area (Å²) in [4.78, 5) is 30.6. The maximum absolute atomic E-state index is 12.4. The van der Waals surface area contributed by atoms with Crippen molar-refractivity contribution >= 4 is 11.9 Å². The van der Waals surface area contributed by atoms with Gasteiger partial charge in [0.15, 0.2) is 0 Å². The fourth-order valence-corrected chi connectivity index (χ4v) is 3.65. The van der Waals surface area contributed by atoms with Crippen LogP contribution in [-0.4, -0.2) is 77.5 Å². The largest absolute Gasteiger partial charge is 0.336 e. The van der Waals surface area contributed by atoms with Crippen LogP contribution in [0.4, 0.5) is 4.79 Å². The number of rotatable bonds is 4. The Morgan fingerprint density at radius 1 is 1.13 bits per heavy atom. The number of hydrogen-bond acceptors (Lipinski definition) is 3. The van der Waals surface area contributed by atoms with E-state index >= 15 is 0 Å². The highest BCUT2D eigenvalue weighted by Gasteiger charge is 2.37. The summed E-state index contributed by atoms with van der Waals surface area (Å²) in [5.41, 5.74) is -0.0318. The number of nitrogens with zero attached hydrogens (tertiary/aromatic N) is 3. The zero-order valence-electron chi connectivity index (χ0n) is 14.5. The van der Waals surface area contributed by atoms with Gasteiger partial charge in [-0.15, -0.1) is 0 Å². The van der Waals surface area contributed by atoms with E-state index in [0.29, 0.717) is 25.7 Å². The number of likely N-dealkylation sites (tertiary alicyclic amines) is 1. The summed E-state index contributed by atoms with van der Waals surface area (Å²) in [5.74, 6) is 0.101. The Kier molecular flexibility index (Phi) is 4.80. The van der Waals surface area contributed by atoms with Gasteiger partial charge in [0.2, 0.25) is 5.91 Å². The van der Waals surface area contributed by atoms with Crippen LogP contribution in [0.15, 0.2) is 0 Å². The van der Waals surface area contributed by atoms with Crippen LogP contribution >= 0.6 is 0 Å². The lowest BCUT2D eigenvalue weighted by Gasteiger charge is -2.41. The van der Waals surface area contributed by atoms with Crippen LogP contribution in [-0.2, 0) is 4.79 Å². The van der Waals surface area contributed by atoms with Crippen LogP contribution < -0.4 is 5.32 Å². The lowest BCUT2D eigenvalue weighted by Crippen LogP contribution is -2.58. The summed E-state index contributed by atoms with van der Waals surface area (Å²) in [7, 11) is 0. The van der Waals surface area contributed by atoms with Gasteiger partial charge in [-0.25, -0.2) is 4.79 Å². The van der Waals surface area contributed by atoms with Gasteiger partial charge in [0, 0.05) is 31.2 Å². The Morgan fingerprint density at radius 2 is 1.83 bits per heavy atom. The average Bonchev–Trinajstić information content (AvgIpc) is 3.38. The smallest absolute Gasteiger partial charge is 0.317 e. The number of carbonyl (C=O) groups is 2. The molecule has 0 unspecified atom stereocenters. The summed E-state index contributed by atoms with van der Waals surface area (Å²) >= 11 is 0. The molecule has 0 aromatic heterocycles. The van der Waals surface area contributed by atoms with E-state index in [-0.39, 0.29) is 24.0 Å². The number of nitrogens with one attached hydrogen (secondary N) is 1. The SMILES string of the molecule is CC(C)(CNC(=O)N1CCN(C2CC2)C(=O)C1)N1CCCCC1. The first-order valence-corrected chi connectivity index (χ1v) is 9.05. The van der Waals surface area contributed by atoms with Gasteiger partial charge in [0.25, 0.3) is 0 Å². The van der Waals surface area contributed by atoms with E-state index < -0.39 is 0 Å². The summed E-state index contributed by atoms with van der Waals surface area (Å²) in [5, 5.41) is 3.04. The number of piperazine rings is 1. The van der Waals surface area contributed by atoms with E-state index in [1.165, 1.54) is 19.3 Å². The molecule has 130 valence electrons. The Hall–Kier alpha value is -1.30. The number of piperidine rings is 1. The molecule has 23 heavy (non-hydrogen) atoms. The Bertz CT molecular complexity index is 456. The predicted octanol–water partition coefficient (Wildman–Crippen LogP) is 1.27. The summed E-state index contributed by atoms with van der Waals surface area (Å²) < 4.78 is 0. The van der Waals surface area contributed by atoms with Gasteiger partial charge in [-0.2, -0.15) is 0 Å². The molecule has 0 aromatic rings. The van der Waals surface area contributed by atoms with Gasteiger partial charge >= 0.3 is 6.03 Å². The second-order valence-corrected chi connectivity index (χ2v) is 7.76. The highest BCUT2D eigenvalue weighted by atomic mass is 16.2. The van der Waals surface area contributed by atoms with Crippen LogP contribution in [0, 0.1) is 0 Å². The molecule has 3 aliphatic rings. The number of hydrogen-bond donors (Lipinski definition) is 1. The van der Waals surface area contributed by atoms with Crippen LogP contribution in [0.5, 0.6) is 0 Å². The first-order chi connectivity index (χ1) is 11.0. The van der Waals surface area contributed by atoms with E-state index in [1.807, 2.05) is 4.90 Å². The molecule has 0 atom stereocenters. The molecule has 0 aromatic carbocycles. The normalized spacial score (nSPS) is 24.0. The monoisotopic (exact) mass is 322 g/mol. The predicted molar refractivity (Wildman–Crippen MR) is 89.2 cm³/mol. The van der Waals surface area contributed by atoms with Crippen molar-refractivity contribution in [2.75, 3.05) is 39.3 Å². The molecule has 3 rings (SSSR count). The van der Waals surface area contributed by atoms with Crippen molar-refractivity contribution in [1.29, 1.82) is 0 Å². The van der Waals surface area contributed by atoms with Gasteiger partial charge in [0.05, 0.1) is 0 Å². The molecule has 3 fully saturated rings. The van der Waals surface area contributed by atoms with E-state index in [2.05, 4.69) is 24.1 Å². The van der Waals surface area contributed by atoms with Crippen molar-refractivity contribution in [3.8, 4) is 0 Å². The van der Waals surface area contributed by atoms with Crippen molar-refractivity contribution in [3.63, 3.8) is 0 Å². The van der Waals surface area contributed by atoms with Gasteiger partial charge in [-0.1, -0.05) is 6.42 Å². The minimum absolute atomic E-state index is 0.0318. The van der Waals surface area contributed by atoms with Gasteiger partial charge < -0.3 is 15.1 Å². The molecule has 6 heteroatoms. The Labute approximate surface area is 139 Å². The van der Waals surface area contributed by atoms with Crippen molar-refractivity contribution in [1.82, 2.24) is 20.0 Å². The van der Waals surface area contributed by atoms with Gasteiger partial charge in [0.1, 0.15) is 6.54 Å². The first kappa shape index (κ1) is 16.6. The maximum atomic E-state index is 12.4. The molecule has 3 amide bonds. The standard InChI is InChI=1S/C17H30N4O2/c1-17(2,20-8-4-3-5-9-20)13-18-16(23)19-10-11-21(14-6-7-14)15(22)12-19/h14H,3-13H2,1-2H3,(H,18,23). The maximum Gasteiger partial charge on any atom is 0.317 e. The lowest BCUT2D eigenvalue weighted by molar-refractivity contribution is -0.135. The zero-order chi connectivity index (χ0) is 16.4. The third kappa shape index (κ3) is 3.97. The summed E-state index contributed by atoms with van der Waals surface area (Å²) in [6, 6.07) is 0.352. The van der Waals surface area contributed by atoms with Gasteiger partial charge in [-0.05, 0) is 52.6 Å². The third-order valence-corrected chi connectivity index (χ3v) is 5.42. The van der Waals surface area contributed by atoms with Crippen LogP contribution in [0.3, 0.4) is 0 Å². The Morgan fingerprint density at radius 3 is 2.43 bits per heavy atom. The molecular formula is C17H30N4O2. The molecular weight excluding hydrogens is 292 g/mol. The summed E-state index contributed by atoms with van der Waals surface area (Å²) in [6.45, 7) is 8.80. The third-order valence-electron chi connectivity index (χ3n) is 5.42. The molecule has 2 heterocycles. The average molecular weight is 322 g/mol. The van der Waals surface area contributed by atoms with Gasteiger partial charge in [-0.3, -0.25) is 9.69 Å². The minimum atomic E-state index is -0.0983. The fourth-order valence-electron chi connectivity index (χ4n) is 3.65. The summed E-state index contributed by atoms with van der Waals surface area (Å²) in [6.07, 6.45) is 6.06. The van der Waals surface area contributed by atoms with E-state index in [4.69, 9.17) is 0 Å². The number of amides is 3. The number of urea groups is 1. The fraction of sp³-hybridized carbons (Fsp3) is 0.882. The molecule has 1 aliphatic carbocycles. The van der Waals surface area contributed by atoms with Crippen molar-refractivity contribution in [2.24, 2.45) is 0 Å². The minimum Gasteiger partial charge on any atom is -0.336 e. The highest BCUT2D eigenvalue weighted by Crippen LogP contribution is 2.28. The lowest BCUT2D eigenvalue weighted by atomic mass is 9.98. The topological polar surface area (TPSA) is 55.9 Å². The quantitative estimate of drug-likeness (QED) is 0.848. The molecule has 2 saturated heterocycles. The molecule has 2 aliphatic heterocycles. The van der Waals surface area contributed by atoms with Crippen LogP contribution in [0.2, 0.25) is 0 Å². The molecule has 0 spiro atoms. The van der Waals surface area contributed by atoms with Crippen LogP contribution in [0.1, 0.15) is 46.0 Å². The molecule has 6 nitrogen and oxygen atoms in total. The molecule has 1 saturated carbocycles. The molecule has 0 bridgehead atoms. The Balaban J connectivity index is 1.46. The second-order valence-electron chi connectivity index (χ2n) is 7.76. The highest BCUT2D eigenvalue weighted by molar-refractivity contribution is 5.85. The zero-order valence-corrected chi connectivity index (χ0v) is 14.5. The van der Waals surface area contributed by atoms with E-state index in [1.54, 1.807) is 4.90 Å². The molecule has 1 N–H and O–H groups in total. The van der Waals surface area contributed by atoms with Crippen molar-refractivity contribution < 1.29 is 9.59 Å². The van der Waals surface area contributed by atoms with Crippen LogP contribution in [0.25, 0.3) is 0 Å². The molecule has 0 radical (unpaired) electrons. The van der Waals surface area contributed by atoms with E-state index in [9.17, 15) is 9.59 Å². The number of carbonyl (C=O) groups excluding carboxylic acids is 2. The second kappa shape index (κ2) is 6.67.